The van der Waals surface area contributed by atoms with Gasteiger partial charge in [0, 0.05) is 13.5 Å². The van der Waals surface area contributed by atoms with Gasteiger partial charge in [-0.25, -0.2) is 0 Å². The maximum absolute atomic E-state index is 12.7. The topological polar surface area (TPSA) is 78.5 Å². The van der Waals surface area contributed by atoms with Gasteiger partial charge in [0.15, 0.2) is 0 Å². The molecule has 0 bridgehead atoms. The first-order valence-electron chi connectivity index (χ1n) is 7.97. The van der Waals surface area contributed by atoms with Gasteiger partial charge in [0.2, 0.25) is 17.7 Å². The van der Waals surface area contributed by atoms with Crippen molar-refractivity contribution in [2.75, 3.05) is 18.4 Å². The molecule has 25 heavy (non-hydrogen) atoms. The van der Waals surface area contributed by atoms with Crippen LogP contribution in [0.3, 0.4) is 0 Å². The molecule has 0 aliphatic rings. The standard InChI is InChI=1S/C17H23Cl2N3O3/c1-5-22(17(25)15(10(2)3)20-11(4)23)9-14(24)21-16-12(18)7-6-8-13(16)19/h6-8,10,15H,5,9H2,1-4H3,(H,20,23)(H,21,24). The summed E-state index contributed by atoms with van der Waals surface area (Å²) in [6.45, 7) is 6.93. The van der Waals surface area contributed by atoms with E-state index < -0.39 is 11.9 Å². The number of carbonyl (C=O) groups excluding carboxylic acids is 3. The van der Waals surface area contributed by atoms with Crippen LogP contribution in [0.25, 0.3) is 0 Å². The lowest BCUT2D eigenvalue weighted by Crippen LogP contribution is -2.52. The summed E-state index contributed by atoms with van der Waals surface area (Å²) in [5, 5.41) is 5.88. The molecule has 0 aliphatic heterocycles. The summed E-state index contributed by atoms with van der Waals surface area (Å²) < 4.78 is 0. The summed E-state index contributed by atoms with van der Waals surface area (Å²) in [4.78, 5) is 37.6. The number of amides is 3. The molecule has 0 saturated carbocycles. The van der Waals surface area contributed by atoms with Gasteiger partial charge in [-0.3, -0.25) is 14.4 Å². The van der Waals surface area contributed by atoms with Crippen molar-refractivity contribution in [3.8, 4) is 0 Å². The van der Waals surface area contributed by atoms with Gasteiger partial charge in [-0.2, -0.15) is 0 Å². The Bertz CT molecular complexity index is 630. The number of benzene rings is 1. The lowest BCUT2D eigenvalue weighted by atomic mass is 10.0. The van der Waals surface area contributed by atoms with E-state index in [-0.39, 0.29) is 24.3 Å². The minimum absolute atomic E-state index is 0.105. The SMILES string of the molecule is CCN(CC(=O)Nc1c(Cl)cccc1Cl)C(=O)C(NC(C)=O)C(C)C. The van der Waals surface area contributed by atoms with Crippen LogP contribution in [0.4, 0.5) is 5.69 Å². The fourth-order valence-corrected chi connectivity index (χ4v) is 2.74. The molecular formula is C17H23Cl2N3O3. The number of rotatable bonds is 7. The number of nitrogens with one attached hydrogen (secondary N) is 2. The van der Waals surface area contributed by atoms with Gasteiger partial charge in [-0.1, -0.05) is 43.1 Å². The van der Waals surface area contributed by atoms with Crippen LogP contribution < -0.4 is 10.6 Å². The van der Waals surface area contributed by atoms with E-state index in [4.69, 9.17) is 23.2 Å². The third-order valence-corrected chi connectivity index (χ3v) is 4.18. The van der Waals surface area contributed by atoms with E-state index in [1.54, 1.807) is 25.1 Å². The lowest BCUT2D eigenvalue weighted by molar-refractivity contribution is -0.139. The number of carbonyl (C=O) groups is 3. The van der Waals surface area contributed by atoms with E-state index in [0.717, 1.165) is 0 Å². The van der Waals surface area contributed by atoms with E-state index in [1.165, 1.54) is 11.8 Å². The minimum atomic E-state index is -0.686. The molecule has 0 fully saturated rings. The Hall–Kier alpha value is -1.79. The van der Waals surface area contributed by atoms with Crippen LogP contribution in [0.2, 0.25) is 10.0 Å². The molecule has 0 saturated heterocycles. The van der Waals surface area contributed by atoms with Crippen LogP contribution in [-0.2, 0) is 14.4 Å². The smallest absolute Gasteiger partial charge is 0.245 e. The van der Waals surface area contributed by atoms with Crippen molar-refractivity contribution in [1.82, 2.24) is 10.2 Å². The van der Waals surface area contributed by atoms with Gasteiger partial charge in [-0.15, -0.1) is 0 Å². The molecule has 0 heterocycles. The molecule has 1 aromatic rings. The molecule has 8 heteroatoms. The number of likely N-dealkylation sites (N-methyl/N-ethyl adjacent to an activating group) is 1. The zero-order valence-electron chi connectivity index (χ0n) is 14.7. The summed E-state index contributed by atoms with van der Waals surface area (Å²) in [7, 11) is 0. The summed E-state index contributed by atoms with van der Waals surface area (Å²) >= 11 is 12.1. The number of halogens is 2. The van der Waals surface area contributed by atoms with E-state index in [9.17, 15) is 14.4 Å². The first-order chi connectivity index (χ1) is 11.7. The Morgan fingerprint density at radius 3 is 2.16 bits per heavy atom. The largest absolute Gasteiger partial charge is 0.344 e. The molecule has 0 aromatic heterocycles. The van der Waals surface area contributed by atoms with E-state index in [0.29, 0.717) is 22.3 Å². The molecule has 1 unspecified atom stereocenters. The fraction of sp³-hybridized carbons (Fsp3) is 0.471. The van der Waals surface area contributed by atoms with Crippen LogP contribution in [0.5, 0.6) is 0 Å². The molecule has 138 valence electrons. The first-order valence-corrected chi connectivity index (χ1v) is 8.72. The van der Waals surface area contributed by atoms with Crippen molar-refractivity contribution in [3.63, 3.8) is 0 Å². The van der Waals surface area contributed by atoms with Gasteiger partial charge in [0.05, 0.1) is 22.3 Å². The van der Waals surface area contributed by atoms with Crippen LogP contribution in [0.15, 0.2) is 18.2 Å². The number of para-hydroxylation sites is 1. The lowest BCUT2D eigenvalue weighted by Gasteiger charge is -2.28. The second-order valence-electron chi connectivity index (χ2n) is 5.92. The molecule has 1 aromatic carbocycles. The number of hydrogen-bond acceptors (Lipinski definition) is 3. The number of hydrogen-bond donors (Lipinski definition) is 2. The Labute approximate surface area is 157 Å². The van der Waals surface area contributed by atoms with Crippen LogP contribution in [0.1, 0.15) is 27.7 Å². The quantitative estimate of drug-likeness (QED) is 0.754. The van der Waals surface area contributed by atoms with Gasteiger partial charge >= 0.3 is 0 Å². The molecule has 0 aliphatic carbocycles. The highest BCUT2D eigenvalue weighted by Crippen LogP contribution is 2.29. The zero-order chi connectivity index (χ0) is 19.1. The van der Waals surface area contributed by atoms with Crippen LogP contribution in [0, 0.1) is 5.92 Å². The molecule has 3 amide bonds. The number of anilines is 1. The molecule has 1 atom stereocenters. The predicted octanol–water partition coefficient (Wildman–Crippen LogP) is 2.94. The van der Waals surface area contributed by atoms with Gasteiger partial charge in [0.25, 0.3) is 0 Å². The fourth-order valence-electron chi connectivity index (χ4n) is 2.24. The summed E-state index contributed by atoms with van der Waals surface area (Å²) in [5.41, 5.74) is 0.307. The maximum atomic E-state index is 12.7. The number of nitrogens with zero attached hydrogens (tertiary/aromatic N) is 1. The van der Waals surface area contributed by atoms with Crippen LogP contribution in [-0.4, -0.2) is 41.8 Å². The predicted molar refractivity (Wildman–Crippen MR) is 99.8 cm³/mol. The second-order valence-corrected chi connectivity index (χ2v) is 6.73. The molecule has 1 rings (SSSR count). The van der Waals surface area contributed by atoms with Crippen molar-refractivity contribution in [2.45, 2.75) is 33.7 Å². The van der Waals surface area contributed by atoms with E-state index >= 15 is 0 Å². The average molecular weight is 388 g/mol. The van der Waals surface area contributed by atoms with Crippen molar-refractivity contribution in [1.29, 1.82) is 0 Å². The van der Waals surface area contributed by atoms with Gasteiger partial charge in [0.1, 0.15) is 6.04 Å². The normalized spacial score (nSPS) is 11.8. The second kappa shape index (κ2) is 9.63. The highest BCUT2D eigenvalue weighted by molar-refractivity contribution is 6.39. The van der Waals surface area contributed by atoms with Crippen molar-refractivity contribution < 1.29 is 14.4 Å². The van der Waals surface area contributed by atoms with Gasteiger partial charge in [-0.05, 0) is 25.0 Å². The summed E-state index contributed by atoms with van der Waals surface area (Å²) in [6, 6.07) is 4.20. The van der Waals surface area contributed by atoms with Gasteiger partial charge < -0.3 is 15.5 Å². The molecular weight excluding hydrogens is 365 g/mol. The Balaban J connectivity index is 2.84. The molecule has 2 N–H and O–H groups in total. The zero-order valence-corrected chi connectivity index (χ0v) is 16.2. The van der Waals surface area contributed by atoms with E-state index in [2.05, 4.69) is 10.6 Å². The summed E-state index contributed by atoms with van der Waals surface area (Å²) in [6.07, 6.45) is 0. The van der Waals surface area contributed by atoms with Crippen LogP contribution >= 0.6 is 23.2 Å². The average Bonchev–Trinajstić information content (AvgIpc) is 2.53. The molecule has 6 nitrogen and oxygen atoms in total. The Morgan fingerprint density at radius 1 is 1.16 bits per heavy atom. The Morgan fingerprint density at radius 2 is 1.72 bits per heavy atom. The highest BCUT2D eigenvalue weighted by atomic mass is 35.5. The first kappa shape index (κ1) is 21.3. The maximum Gasteiger partial charge on any atom is 0.245 e. The third kappa shape index (κ3) is 6.21. The van der Waals surface area contributed by atoms with Crippen molar-refractivity contribution in [2.24, 2.45) is 5.92 Å². The molecule has 0 spiro atoms. The van der Waals surface area contributed by atoms with Crippen molar-refractivity contribution in [3.05, 3.63) is 28.2 Å². The van der Waals surface area contributed by atoms with E-state index in [1.807, 2.05) is 13.8 Å². The molecule has 0 radical (unpaired) electrons. The van der Waals surface area contributed by atoms with Crippen molar-refractivity contribution >= 4 is 46.6 Å². The monoisotopic (exact) mass is 387 g/mol. The highest BCUT2D eigenvalue weighted by Gasteiger charge is 2.28. The third-order valence-electron chi connectivity index (χ3n) is 3.55. The summed E-state index contributed by atoms with van der Waals surface area (Å²) in [5.74, 6) is -1.13. The minimum Gasteiger partial charge on any atom is -0.344 e. The Kier molecular flexibility index (Phi) is 8.19.